The molecule has 1 aliphatic heterocycles. The fourth-order valence-corrected chi connectivity index (χ4v) is 4.46. The van der Waals surface area contributed by atoms with E-state index in [1.807, 2.05) is 0 Å². The molecule has 2 fully saturated rings. The van der Waals surface area contributed by atoms with Crippen LogP contribution in [0.4, 0.5) is 0 Å². The van der Waals surface area contributed by atoms with Crippen LogP contribution in [0, 0.1) is 11.8 Å². The van der Waals surface area contributed by atoms with E-state index in [0.717, 1.165) is 31.6 Å². The highest BCUT2D eigenvalue weighted by molar-refractivity contribution is 6.48. The maximum atomic E-state index is 6.61. The number of allylic oxidation sites excluding steroid dienone is 8. The first-order valence-corrected chi connectivity index (χ1v) is 12.8. The van der Waals surface area contributed by atoms with Gasteiger partial charge in [0.2, 0.25) is 0 Å². The van der Waals surface area contributed by atoms with Crippen LogP contribution >= 0.6 is 0 Å². The Hall–Kier alpha value is -1.06. The lowest BCUT2D eigenvalue weighted by molar-refractivity contribution is 0.00578. The van der Waals surface area contributed by atoms with Crippen molar-refractivity contribution in [3.8, 4) is 0 Å². The lowest BCUT2D eigenvalue weighted by Crippen LogP contribution is -2.41. The molecule has 1 heterocycles. The Kier molecular flexibility index (Phi) is 9.67. The Morgan fingerprint density at radius 2 is 1.22 bits per heavy atom. The van der Waals surface area contributed by atoms with Crippen molar-refractivity contribution in [2.45, 2.75) is 125 Å². The molecule has 0 aromatic carbocycles. The minimum absolute atomic E-state index is 0.189. The van der Waals surface area contributed by atoms with Gasteiger partial charge in [-0.15, -0.1) is 0 Å². The molecule has 0 spiro atoms. The van der Waals surface area contributed by atoms with Crippen molar-refractivity contribution in [2.75, 3.05) is 0 Å². The fourth-order valence-electron chi connectivity index (χ4n) is 4.46. The molecule has 0 bridgehead atoms. The molecule has 1 saturated heterocycles. The third kappa shape index (κ3) is 8.06. The third-order valence-corrected chi connectivity index (χ3v) is 7.33. The zero-order chi connectivity index (χ0) is 24.1. The third-order valence-electron chi connectivity index (χ3n) is 7.33. The molecule has 32 heavy (non-hydrogen) atoms. The Balaban J connectivity index is 2.30. The number of hydrogen-bond donors (Lipinski definition) is 0. The second-order valence-corrected chi connectivity index (χ2v) is 11.8. The van der Waals surface area contributed by atoms with Crippen LogP contribution in [0.3, 0.4) is 0 Å². The van der Waals surface area contributed by atoms with Gasteiger partial charge in [-0.3, -0.25) is 0 Å². The minimum Gasteiger partial charge on any atom is -0.403 e. The summed E-state index contributed by atoms with van der Waals surface area (Å²) < 4.78 is 13.2. The molecule has 2 aliphatic rings. The molecule has 2 atom stereocenters. The predicted molar refractivity (Wildman–Crippen MR) is 141 cm³/mol. The Morgan fingerprint density at radius 1 is 0.781 bits per heavy atom. The van der Waals surface area contributed by atoms with Crippen molar-refractivity contribution < 1.29 is 9.31 Å². The Labute approximate surface area is 199 Å². The first-order chi connectivity index (χ1) is 14.8. The highest BCUT2D eigenvalue weighted by Crippen LogP contribution is 2.50. The molecule has 0 aromatic rings. The van der Waals surface area contributed by atoms with Gasteiger partial charge in [0.15, 0.2) is 0 Å². The fraction of sp³-hybridized carbons (Fsp3) is 0.724. The molecule has 0 amide bonds. The minimum atomic E-state index is -0.296. The molecule has 0 aromatic heterocycles. The molecule has 1 saturated carbocycles. The van der Waals surface area contributed by atoms with Crippen LogP contribution in [-0.4, -0.2) is 18.3 Å². The Bertz CT molecular complexity index is 725. The molecule has 3 heteroatoms. The quantitative estimate of drug-likeness (QED) is 0.236. The van der Waals surface area contributed by atoms with Gasteiger partial charge in [0, 0.05) is 5.82 Å². The molecule has 2 unspecified atom stereocenters. The zero-order valence-corrected chi connectivity index (χ0v) is 22.7. The molecule has 0 N–H and O–H groups in total. The second-order valence-electron chi connectivity index (χ2n) is 11.8. The Morgan fingerprint density at radius 3 is 1.62 bits per heavy atom. The lowest BCUT2D eigenvalue weighted by Gasteiger charge is -2.32. The van der Waals surface area contributed by atoms with E-state index in [0.29, 0.717) is 5.92 Å². The van der Waals surface area contributed by atoms with Gasteiger partial charge in [-0.1, -0.05) is 46.6 Å². The molecule has 1 aliphatic carbocycles. The number of hydrogen-bond acceptors (Lipinski definition) is 2. The summed E-state index contributed by atoms with van der Waals surface area (Å²) in [7, 11) is -0.189. The van der Waals surface area contributed by atoms with E-state index < -0.39 is 0 Å². The van der Waals surface area contributed by atoms with Crippen molar-refractivity contribution in [3.63, 3.8) is 0 Å². The normalized spacial score (nSPS) is 22.5. The summed E-state index contributed by atoms with van der Waals surface area (Å²) in [6.45, 7) is 22.0. The average molecular weight is 441 g/mol. The first-order valence-electron chi connectivity index (χ1n) is 12.8. The largest absolute Gasteiger partial charge is 0.465 e. The van der Waals surface area contributed by atoms with Crippen molar-refractivity contribution in [1.29, 1.82) is 0 Å². The summed E-state index contributed by atoms with van der Waals surface area (Å²) in [6, 6.07) is 0. The van der Waals surface area contributed by atoms with E-state index >= 15 is 0 Å². The molecular formula is C29H49BO2. The summed E-state index contributed by atoms with van der Waals surface area (Å²) in [5.74, 6) is 1.49. The van der Waals surface area contributed by atoms with Gasteiger partial charge in [0.25, 0.3) is 0 Å². The molecule has 180 valence electrons. The van der Waals surface area contributed by atoms with E-state index in [1.54, 1.807) is 0 Å². The van der Waals surface area contributed by atoms with Gasteiger partial charge in [-0.25, -0.2) is 0 Å². The number of rotatable bonds is 11. The van der Waals surface area contributed by atoms with Crippen molar-refractivity contribution in [3.05, 3.63) is 46.6 Å². The first kappa shape index (κ1) is 27.2. The lowest BCUT2D eigenvalue weighted by atomic mass is 9.62. The van der Waals surface area contributed by atoms with Crippen molar-refractivity contribution in [2.24, 2.45) is 11.8 Å². The second kappa shape index (κ2) is 11.4. The van der Waals surface area contributed by atoms with E-state index in [2.05, 4.69) is 93.5 Å². The topological polar surface area (TPSA) is 18.5 Å². The highest BCUT2D eigenvalue weighted by Gasteiger charge is 2.55. The van der Waals surface area contributed by atoms with Crippen LogP contribution in [0.2, 0.25) is 5.82 Å². The monoisotopic (exact) mass is 440 g/mol. The van der Waals surface area contributed by atoms with E-state index in [1.165, 1.54) is 35.1 Å². The molecule has 0 radical (unpaired) electrons. The zero-order valence-electron chi connectivity index (χ0n) is 22.7. The summed E-state index contributed by atoms with van der Waals surface area (Å²) in [4.78, 5) is 0. The van der Waals surface area contributed by atoms with Crippen LogP contribution in [0.5, 0.6) is 0 Å². The molecular weight excluding hydrogens is 391 g/mol. The maximum Gasteiger partial charge on any atom is 0.465 e. The van der Waals surface area contributed by atoms with E-state index in [-0.39, 0.29) is 24.1 Å². The highest BCUT2D eigenvalue weighted by atomic mass is 16.7. The van der Waals surface area contributed by atoms with Crippen LogP contribution in [0.25, 0.3) is 0 Å². The summed E-state index contributed by atoms with van der Waals surface area (Å²) in [5.41, 5.74) is 5.15. The predicted octanol–water partition coefficient (Wildman–Crippen LogP) is 8.86. The van der Waals surface area contributed by atoms with Gasteiger partial charge in [0.1, 0.15) is 0 Å². The molecule has 2 rings (SSSR count). The van der Waals surface area contributed by atoms with Crippen LogP contribution in [0.15, 0.2) is 46.6 Å². The summed E-state index contributed by atoms with van der Waals surface area (Å²) >= 11 is 0. The summed E-state index contributed by atoms with van der Waals surface area (Å²) in [6.07, 6.45) is 16.8. The van der Waals surface area contributed by atoms with E-state index in [4.69, 9.17) is 9.31 Å². The van der Waals surface area contributed by atoms with Crippen LogP contribution in [0.1, 0.15) is 108 Å². The SMILES string of the molecule is CC(C)=CCC/C(C)=C/C(B1OC(C)(C)C(C)(C)O1)C(/C=C(\C)CCC=C(C)C)C1CC1. The smallest absolute Gasteiger partial charge is 0.403 e. The average Bonchev–Trinajstić information content (AvgIpc) is 3.44. The van der Waals surface area contributed by atoms with Crippen molar-refractivity contribution >= 4 is 7.12 Å². The standard InChI is InChI=1S/C29H49BO2/c1-21(2)13-11-15-23(5)19-26(25-17-18-25)27(20-24(6)16-12-14-22(3)4)30-31-28(7,8)29(9,10)32-30/h13-14,19-20,25-27H,11-12,15-18H2,1-10H3/b23-19+,24-20+. The van der Waals surface area contributed by atoms with Gasteiger partial charge in [-0.05, 0) is 120 Å². The van der Waals surface area contributed by atoms with Gasteiger partial charge in [0.05, 0.1) is 11.2 Å². The van der Waals surface area contributed by atoms with Crippen LogP contribution in [-0.2, 0) is 9.31 Å². The van der Waals surface area contributed by atoms with E-state index in [9.17, 15) is 0 Å². The maximum absolute atomic E-state index is 6.61. The van der Waals surface area contributed by atoms with Gasteiger partial charge >= 0.3 is 7.12 Å². The van der Waals surface area contributed by atoms with Crippen molar-refractivity contribution in [1.82, 2.24) is 0 Å². The summed E-state index contributed by atoms with van der Waals surface area (Å²) in [5, 5.41) is 0. The van der Waals surface area contributed by atoms with Gasteiger partial charge < -0.3 is 9.31 Å². The van der Waals surface area contributed by atoms with Gasteiger partial charge in [-0.2, -0.15) is 0 Å². The van der Waals surface area contributed by atoms with Crippen LogP contribution < -0.4 is 0 Å². The molecule has 2 nitrogen and oxygen atoms in total.